The third kappa shape index (κ3) is 20.6. The van der Waals surface area contributed by atoms with Crippen LogP contribution in [0.5, 0.6) is 0 Å². The molecule has 0 radical (unpaired) electrons. The van der Waals surface area contributed by atoms with Crippen LogP contribution < -0.4 is 0 Å². The minimum Gasteiger partial charge on any atom is -0.502 e. The standard InChI is InChI=1S/C28H56O/c1-5-9-10-11-12-13-14-15-16-17-18-19-20-21-24-27(22-6-2)25-28(23-7-3)26-29-8-4/h8,27-28H,4-7,9-26H2,1-3H3. The highest BCUT2D eigenvalue weighted by Gasteiger charge is 2.16. The monoisotopic (exact) mass is 408 g/mol. The van der Waals surface area contributed by atoms with E-state index in [4.69, 9.17) is 4.74 Å². The topological polar surface area (TPSA) is 9.23 Å². The summed E-state index contributed by atoms with van der Waals surface area (Å²) in [5, 5.41) is 0. The van der Waals surface area contributed by atoms with E-state index in [1.54, 1.807) is 6.26 Å². The molecule has 0 aliphatic carbocycles. The van der Waals surface area contributed by atoms with Crippen LogP contribution in [0.3, 0.4) is 0 Å². The Labute approximate surface area is 185 Å². The fourth-order valence-electron chi connectivity index (χ4n) is 4.77. The van der Waals surface area contributed by atoms with Crippen LogP contribution in [0.25, 0.3) is 0 Å². The van der Waals surface area contributed by atoms with Crippen molar-refractivity contribution in [2.24, 2.45) is 11.8 Å². The first-order valence-corrected chi connectivity index (χ1v) is 13.5. The molecule has 0 fully saturated rings. The van der Waals surface area contributed by atoms with Gasteiger partial charge in [0.1, 0.15) is 0 Å². The summed E-state index contributed by atoms with van der Waals surface area (Å²) in [5.74, 6) is 1.63. The van der Waals surface area contributed by atoms with Gasteiger partial charge in [-0.25, -0.2) is 0 Å². The highest BCUT2D eigenvalue weighted by Crippen LogP contribution is 2.26. The van der Waals surface area contributed by atoms with Gasteiger partial charge < -0.3 is 4.74 Å². The maximum atomic E-state index is 5.52. The maximum Gasteiger partial charge on any atom is 0.0901 e. The van der Waals surface area contributed by atoms with Gasteiger partial charge in [0.05, 0.1) is 12.9 Å². The Kier molecular flexibility index (Phi) is 23.4. The lowest BCUT2D eigenvalue weighted by Crippen LogP contribution is -2.14. The molecule has 2 unspecified atom stereocenters. The first kappa shape index (κ1) is 28.5. The Morgan fingerprint density at radius 3 is 1.45 bits per heavy atom. The average Bonchev–Trinajstić information content (AvgIpc) is 2.72. The van der Waals surface area contributed by atoms with Crippen molar-refractivity contribution in [3.05, 3.63) is 12.8 Å². The Morgan fingerprint density at radius 1 is 0.552 bits per heavy atom. The second kappa shape index (κ2) is 23.8. The van der Waals surface area contributed by atoms with E-state index in [2.05, 4.69) is 27.4 Å². The molecular formula is C28H56O. The Bertz CT molecular complexity index is 311. The van der Waals surface area contributed by atoms with Gasteiger partial charge in [0.25, 0.3) is 0 Å². The minimum atomic E-state index is 0.723. The molecule has 0 rings (SSSR count). The van der Waals surface area contributed by atoms with Gasteiger partial charge in [0.2, 0.25) is 0 Å². The molecule has 0 saturated carbocycles. The smallest absolute Gasteiger partial charge is 0.0901 e. The predicted molar refractivity (Wildman–Crippen MR) is 132 cm³/mol. The summed E-state index contributed by atoms with van der Waals surface area (Å²) in [6.45, 7) is 11.5. The molecule has 0 saturated heterocycles. The van der Waals surface area contributed by atoms with Crippen LogP contribution in [-0.4, -0.2) is 6.61 Å². The van der Waals surface area contributed by atoms with Crippen LogP contribution in [0.15, 0.2) is 12.8 Å². The van der Waals surface area contributed by atoms with Crippen molar-refractivity contribution in [1.29, 1.82) is 0 Å². The van der Waals surface area contributed by atoms with E-state index in [0.29, 0.717) is 0 Å². The van der Waals surface area contributed by atoms with Crippen molar-refractivity contribution in [1.82, 2.24) is 0 Å². The highest BCUT2D eigenvalue weighted by molar-refractivity contribution is 4.68. The minimum absolute atomic E-state index is 0.723. The molecule has 0 amide bonds. The second-order valence-corrected chi connectivity index (χ2v) is 9.43. The zero-order valence-corrected chi connectivity index (χ0v) is 20.7. The van der Waals surface area contributed by atoms with E-state index in [9.17, 15) is 0 Å². The normalized spacial score (nSPS) is 13.3. The fraction of sp³-hybridized carbons (Fsp3) is 0.929. The van der Waals surface area contributed by atoms with Gasteiger partial charge in [-0.2, -0.15) is 0 Å². The molecule has 0 aromatic heterocycles. The average molecular weight is 409 g/mol. The van der Waals surface area contributed by atoms with Crippen LogP contribution in [0.2, 0.25) is 0 Å². The summed E-state index contributed by atoms with van der Waals surface area (Å²) < 4.78 is 5.52. The van der Waals surface area contributed by atoms with Gasteiger partial charge in [0, 0.05) is 0 Å². The molecular weight excluding hydrogens is 352 g/mol. The van der Waals surface area contributed by atoms with E-state index in [0.717, 1.165) is 18.4 Å². The van der Waals surface area contributed by atoms with Gasteiger partial charge in [-0.15, -0.1) is 0 Å². The molecule has 0 spiro atoms. The van der Waals surface area contributed by atoms with Gasteiger partial charge in [-0.1, -0.05) is 143 Å². The molecule has 0 heterocycles. The van der Waals surface area contributed by atoms with E-state index in [-0.39, 0.29) is 0 Å². The Morgan fingerprint density at radius 2 is 1.00 bits per heavy atom. The van der Waals surface area contributed by atoms with Gasteiger partial charge in [-0.05, 0) is 24.7 Å². The Balaban J connectivity index is 3.62. The number of ether oxygens (including phenoxy) is 1. The number of unbranched alkanes of at least 4 members (excludes halogenated alkanes) is 13. The van der Waals surface area contributed by atoms with Crippen molar-refractivity contribution in [3.8, 4) is 0 Å². The van der Waals surface area contributed by atoms with Crippen LogP contribution >= 0.6 is 0 Å². The highest BCUT2D eigenvalue weighted by atomic mass is 16.5. The lowest BCUT2D eigenvalue weighted by atomic mass is 9.85. The van der Waals surface area contributed by atoms with E-state index in [1.807, 2.05) is 0 Å². The van der Waals surface area contributed by atoms with Gasteiger partial charge >= 0.3 is 0 Å². The molecule has 0 bridgehead atoms. The lowest BCUT2D eigenvalue weighted by Gasteiger charge is -2.23. The number of hydrogen-bond donors (Lipinski definition) is 0. The molecule has 0 N–H and O–H groups in total. The summed E-state index contributed by atoms with van der Waals surface area (Å²) in [6, 6.07) is 0. The quantitative estimate of drug-likeness (QED) is 0.114. The van der Waals surface area contributed by atoms with Crippen molar-refractivity contribution in [2.45, 2.75) is 149 Å². The van der Waals surface area contributed by atoms with Crippen LogP contribution in [0.1, 0.15) is 149 Å². The first-order chi connectivity index (χ1) is 14.3. The number of rotatable bonds is 24. The van der Waals surface area contributed by atoms with Crippen molar-refractivity contribution in [3.63, 3.8) is 0 Å². The van der Waals surface area contributed by atoms with Crippen molar-refractivity contribution < 1.29 is 4.74 Å². The van der Waals surface area contributed by atoms with Gasteiger partial charge in [-0.3, -0.25) is 0 Å². The molecule has 2 atom stereocenters. The van der Waals surface area contributed by atoms with E-state index < -0.39 is 0 Å². The summed E-state index contributed by atoms with van der Waals surface area (Å²) in [6.07, 6.45) is 30.0. The van der Waals surface area contributed by atoms with E-state index in [1.165, 1.54) is 128 Å². The zero-order chi connectivity index (χ0) is 21.4. The first-order valence-electron chi connectivity index (χ1n) is 13.5. The summed E-state index contributed by atoms with van der Waals surface area (Å²) in [4.78, 5) is 0. The molecule has 0 aromatic rings. The van der Waals surface area contributed by atoms with Crippen LogP contribution in [-0.2, 0) is 4.74 Å². The summed E-state index contributed by atoms with van der Waals surface area (Å²) in [5.41, 5.74) is 0. The summed E-state index contributed by atoms with van der Waals surface area (Å²) in [7, 11) is 0. The molecule has 0 aromatic carbocycles. The zero-order valence-electron chi connectivity index (χ0n) is 20.7. The molecule has 1 heteroatoms. The van der Waals surface area contributed by atoms with E-state index >= 15 is 0 Å². The van der Waals surface area contributed by atoms with Gasteiger partial charge in [0.15, 0.2) is 0 Å². The maximum absolute atomic E-state index is 5.52. The summed E-state index contributed by atoms with van der Waals surface area (Å²) >= 11 is 0. The molecule has 0 aliphatic heterocycles. The Hall–Kier alpha value is -0.460. The third-order valence-electron chi connectivity index (χ3n) is 6.48. The molecule has 0 aliphatic rings. The fourth-order valence-corrected chi connectivity index (χ4v) is 4.77. The molecule has 174 valence electrons. The predicted octanol–water partition coefficient (Wildman–Crippen LogP) is 10.2. The van der Waals surface area contributed by atoms with Crippen molar-refractivity contribution in [2.75, 3.05) is 6.61 Å². The van der Waals surface area contributed by atoms with Crippen molar-refractivity contribution >= 4 is 0 Å². The SMILES string of the molecule is C=COCC(CCC)CC(CCC)CCCCCCCCCCCCCCCC. The third-order valence-corrected chi connectivity index (χ3v) is 6.48. The molecule has 1 nitrogen and oxygen atoms in total. The second-order valence-electron chi connectivity index (χ2n) is 9.43. The van der Waals surface area contributed by atoms with Crippen LogP contribution in [0, 0.1) is 11.8 Å². The largest absolute Gasteiger partial charge is 0.502 e. The van der Waals surface area contributed by atoms with Crippen LogP contribution in [0.4, 0.5) is 0 Å². The lowest BCUT2D eigenvalue weighted by molar-refractivity contribution is 0.162. The number of hydrogen-bond acceptors (Lipinski definition) is 1. The molecule has 29 heavy (non-hydrogen) atoms.